The molecule has 1 aromatic carbocycles. The van der Waals surface area contributed by atoms with Crippen molar-refractivity contribution in [1.29, 1.82) is 0 Å². The van der Waals surface area contributed by atoms with Crippen molar-refractivity contribution in [2.45, 2.75) is 33.1 Å². The van der Waals surface area contributed by atoms with E-state index in [9.17, 15) is 9.90 Å². The summed E-state index contributed by atoms with van der Waals surface area (Å²) in [5.41, 5.74) is 1.25. The van der Waals surface area contributed by atoms with E-state index in [2.05, 4.69) is 38.9 Å². The summed E-state index contributed by atoms with van der Waals surface area (Å²) >= 11 is 0. The fourth-order valence-electron chi connectivity index (χ4n) is 2.67. The third-order valence-corrected chi connectivity index (χ3v) is 3.62. The summed E-state index contributed by atoms with van der Waals surface area (Å²) in [6.45, 7) is 7.39. The molecule has 134 valence electrons. The minimum absolute atomic E-state index is 0.369. The molecule has 0 aliphatic heterocycles. The molecule has 0 amide bonds. The van der Waals surface area contributed by atoms with Crippen molar-refractivity contribution in [1.82, 2.24) is 4.90 Å². The molecule has 0 aliphatic rings. The molecule has 1 aromatic rings. The van der Waals surface area contributed by atoms with Gasteiger partial charge in [-0.3, -0.25) is 0 Å². The SMILES string of the molecule is C/C=C/C=C/C(=O)O.CC[C@@H](c1cccc(O)c1)[C@@H](C)CN(C)C. The first kappa shape index (κ1) is 21.9. The first-order valence-electron chi connectivity index (χ1n) is 8.27. The number of hydrogen-bond donors (Lipinski definition) is 2. The Hall–Kier alpha value is -2.07. The summed E-state index contributed by atoms with van der Waals surface area (Å²) in [5, 5.41) is 17.5. The number of phenols is 1. The average molecular weight is 333 g/mol. The lowest BCUT2D eigenvalue weighted by Gasteiger charge is -2.26. The van der Waals surface area contributed by atoms with E-state index in [1.165, 1.54) is 11.6 Å². The molecule has 0 unspecified atom stereocenters. The van der Waals surface area contributed by atoms with Crippen LogP contribution in [0, 0.1) is 5.92 Å². The molecule has 2 atom stereocenters. The molecule has 0 spiro atoms. The zero-order valence-electron chi connectivity index (χ0n) is 15.4. The highest BCUT2D eigenvalue weighted by molar-refractivity contribution is 5.80. The lowest BCUT2D eigenvalue weighted by Crippen LogP contribution is -2.24. The monoisotopic (exact) mass is 333 g/mol. The van der Waals surface area contributed by atoms with Crippen molar-refractivity contribution in [2.75, 3.05) is 20.6 Å². The Kier molecular flexibility index (Phi) is 11.3. The van der Waals surface area contributed by atoms with Gasteiger partial charge in [0.15, 0.2) is 0 Å². The molecule has 0 saturated carbocycles. The van der Waals surface area contributed by atoms with Crippen LogP contribution in [0.4, 0.5) is 0 Å². The average Bonchev–Trinajstić information content (AvgIpc) is 2.48. The minimum Gasteiger partial charge on any atom is -0.508 e. The van der Waals surface area contributed by atoms with Gasteiger partial charge < -0.3 is 15.1 Å². The summed E-state index contributed by atoms with van der Waals surface area (Å²) in [4.78, 5) is 12.0. The normalized spacial score (nSPS) is 13.8. The van der Waals surface area contributed by atoms with Gasteiger partial charge in [-0.05, 0) is 57.0 Å². The maximum absolute atomic E-state index is 9.75. The lowest BCUT2D eigenvalue weighted by molar-refractivity contribution is -0.131. The molecule has 0 fully saturated rings. The van der Waals surface area contributed by atoms with E-state index in [4.69, 9.17) is 5.11 Å². The standard InChI is InChI=1S/C14H23NO.C6H8O2/c1-5-14(11(2)10-15(3)4)12-7-6-8-13(16)9-12;1-2-3-4-5-6(7)8/h6-9,11,14,16H,5,10H2,1-4H3;2-5H,1H3,(H,7,8)/b;3-2+,5-4+/t11-,14+;/m0./s1. The van der Waals surface area contributed by atoms with Crippen molar-refractivity contribution in [3.05, 3.63) is 54.1 Å². The third-order valence-electron chi connectivity index (χ3n) is 3.62. The highest BCUT2D eigenvalue weighted by Gasteiger charge is 2.18. The van der Waals surface area contributed by atoms with Gasteiger partial charge in [-0.2, -0.15) is 0 Å². The number of carbonyl (C=O) groups is 1. The highest BCUT2D eigenvalue weighted by atomic mass is 16.4. The van der Waals surface area contributed by atoms with Crippen LogP contribution in [0.15, 0.2) is 48.6 Å². The van der Waals surface area contributed by atoms with Crippen molar-refractivity contribution >= 4 is 5.97 Å². The van der Waals surface area contributed by atoms with Crippen LogP contribution in [0.1, 0.15) is 38.7 Å². The number of hydrogen-bond acceptors (Lipinski definition) is 3. The minimum atomic E-state index is -0.914. The van der Waals surface area contributed by atoms with Crippen molar-refractivity contribution in [3.63, 3.8) is 0 Å². The zero-order valence-corrected chi connectivity index (χ0v) is 15.4. The molecule has 24 heavy (non-hydrogen) atoms. The molecule has 1 rings (SSSR count). The van der Waals surface area contributed by atoms with Gasteiger partial charge in [-0.1, -0.05) is 44.2 Å². The Balaban J connectivity index is 0.000000561. The number of allylic oxidation sites excluding steroid dienone is 3. The second kappa shape index (κ2) is 12.4. The van der Waals surface area contributed by atoms with Crippen molar-refractivity contribution < 1.29 is 15.0 Å². The molecule has 0 aliphatic carbocycles. The first-order valence-corrected chi connectivity index (χ1v) is 8.27. The van der Waals surface area contributed by atoms with Gasteiger partial charge in [0.25, 0.3) is 0 Å². The summed E-state index contributed by atoms with van der Waals surface area (Å²) in [7, 11) is 4.21. The number of aromatic hydroxyl groups is 1. The summed E-state index contributed by atoms with van der Waals surface area (Å²) in [6, 6.07) is 7.66. The molecule has 0 aromatic heterocycles. The van der Waals surface area contributed by atoms with Crippen LogP contribution in [-0.4, -0.2) is 41.7 Å². The van der Waals surface area contributed by atoms with Gasteiger partial charge in [0, 0.05) is 12.6 Å². The number of carboxylic acids is 1. The molecule has 2 N–H and O–H groups in total. The van der Waals surface area contributed by atoms with Crippen LogP contribution in [0.3, 0.4) is 0 Å². The predicted octanol–water partition coefficient (Wildman–Crippen LogP) is 4.29. The van der Waals surface area contributed by atoms with Gasteiger partial charge in [-0.15, -0.1) is 0 Å². The van der Waals surface area contributed by atoms with Crippen LogP contribution in [0.5, 0.6) is 5.75 Å². The second-order valence-corrected chi connectivity index (χ2v) is 6.07. The summed E-state index contributed by atoms with van der Waals surface area (Å²) in [5.74, 6) is 0.576. The first-order chi connectivity index (χ1) is 11.3. The molecule has 0 bridgehead atoms. The van der Waals surface area contributed by atoms with Crippen LogP contribution >= 0.6 is 0 Å². The highest BCUT2D eigenvalue weighted by Crippen LogP contribution is 2.30. The quantitative estimate of drug-likeness (QED) is 0.577. The fraction of sp³-hybridized carbons (Fsp3) is 0.450. The van der Waals surface area contributed by atoms with Gasteiger partial charge >= 0.3 is 5.97 Å². The Morgan fingerprint density at radius 2 is 1.96 bits per heavy atom. The van der Waals surface area contributed by atoms with Gasteiger partial charge in [0.05, 0.1) is 0 Å². The molecule has 4 nitrogen and oxygen atoms in total. The number of benzene rings is 1. The van der Waals surface area contributed by atoms with Crippen LogP contribution < -0.4 is 0 Å². The van der Waals surface area contributed by atoms with Crippen molar-refractivity contribution in [2.24, 2.45) is 5.92 Å². The maximum atomic E-state index is 9.75. The second-order valence-electron chi connectivity index (χ2n) is 6.07. The van der Waals surface area contributed by atoms with E-state index < -0.39 is 5.97 Å². The zero-order chi connectivity index (χ0) is 18.5. The van der Waals surface area contributed by atoms with E-state index in [-0.39, 0.29) is 0 Å². The summed E-state index contributed by atoms with van der Waals surface area (Å²) in [6.07, 6.45) is 7.09. The largest absolute Gasteiger partial charge is 0.508 e. The van der Waals surface area contributed by atoms with E-state index in [1.807, 2.05) is 19.1 Å². The summed E-state index contributed by atoms with van der Waals surface area (Å²) < 4.78 is 0. The van der Waals surface area contributed by atoms with Crippen molar-refractivity contribution in [3.8, 4) is 5.75 Å². The third kappa shape index (κ3) is 9.85. The van der Waals surface area contributed by atoms with Crippen LogP contribution in [0.25, 0.3) is 0 Å². The predicted molar refractivity (Wildman–Crippen MR) is 100 cm³/mol. The van der Waals surface area contributed by atoms with E-state index in [1.54, 1.807) is 18.2 Å². The Bertz CT molecular complexity index is 535. The van der Waals surface area contributed by atoms with Gasteiger partial charge in [-0.25, -0.2) is 4.79 Å². The Morgan fingerprint density at radius 1 is 1.29 bits per heavy atom. The number of phenolic OH excluding ortho intramolecular Hbond substituents is 1. The number of carboxylic acid groups (broad SMARTS) is 1. The lowest BCUT2D eigenvalue weighted by atomic mass is 9.85. The van der Waals surface area contributed by atoms with Crippen LogP contribution in [-0.2, 0) is 4.79 Å². The number of rotatable bonds is 7. The Labute approximate surface area is 146 Å². The topological polar surface area (TPSA) is 60.8 Å². The molecular formula is C20H31NO3. The molecule has 0 heterocycles. The van der Waals surface area contributed by atoms with E-state index in [0.717, 1.165) is 19.0 Å². The smallest absolute Gasteiger partial charge is 0.328 e. The number of nitrogens with zero attached hydrogens (tertiary/aromatic N) is 1. The fourth-order valence-corrected chi connectivity index (χ4v) is 2.67. The van der Waals surface area contributed by atoms with E-state index >= 15 is 0 Å². The molecule has 0 saturated heterocycles. The van der Waals surface area contributed by atoms with Gasteiger partial charge in [0.1, 0.15) is 5.75 Å². The maximum Gasteiger partial charge on any atom is 0.328 e. The molecular weight excluding hydrogens is 302 g/mol. The van der Waals surface area contributed by atoms with Crippen LogP contribution in [0.2, 0.25) is 0 Å². The molecule has 0 radical (unpaired) electrons. The Morgan fingerprint density at radius 3 is 2.42 bits per heavy atom. The molecule has 4 heteroatoms. The van der Waals surface area contributed by atoms with E-state index in [0.29, 0.717) is 17.6 Å². The van der Waals surface area contributed by atoms with Gasteiger partial charge in [0.2, 0.25) is 0 Å². The number of aliphatic carboxylic acids is 1.